The highest BCUT2D eigenvalue weighted by Crippen LogP contribution is 2.36. The molecule has 6 aromatic rings. The van der Waals surface area contributed by atoms with Crippen LogP contribution in [0.1, 0.15) is 69.4 Å². The number of hydrogen-bond acceptors (Lipinski definition) is 2. The molecule has 0 bridgehead atoms. The standard InChI is InChI=1S/C47H44N2/c1-46(2,3)40-24-16-38(17-25-40)45(39-18-26-41(27-19-39)47(4,5)6)44(32-48)37-14-12-34(13-15-37)36-22-30-43(31-23-36)49-42-28-20-35(21-29-42)33-10-8-7-9-11-33/h7-31,49H,1-6H3. The number of allylic oxidation sites excluding steroid dienone is 1. The highest BCUT2D eigenvalue weighted by atomic mass is 14.9. The van der Waals surface area contributed by atoms with Gasteiger partial charge in [0.05, 0.1) is 5.57 Å². The maximum atomic E-state index is 10.6. The van der Waals surface area contributed by atoms with Gasteiger partial charge in [0.2, 0.25) is 0 Å². The van der Waals surface area contributed by atoms with Gasteiger partial charge in [0, 0.05) is 16.9 Å². The molecule has 0 aliphatic rings. The van der Waals surface area contributed by atoms with Crippen molar-refractivity contribution in [1.29, 1.82) is 5.26 Å². The summed E-state index contributed by atoms with van der Waals surface area (Å²) in [7, 11) is 0. The van der Waals surface area contributed by atoms with Crippen LogP contribution in [0.25, 0.3) is 33.4 Å². The molecule has 0 radical (unpaired) electrons. The molecule has 1 N–H and O–H groups in total. The maximum Gasteiger partial charge on any atom is 0.100 e. The van der Waals surface area contributed by atoms with Crippen molar-refractivity contribution in [2.24, 2.45) is 0 Å². The van der Waals surface area contributed by atoms with Gasteiger partial charge in [-0.1, -0.05) is 169 Å². The lowest BCUT2D eigenvalue weighted by molar-refractivity contribution is 0.590. The van der Waals surface area contributed by atoms with E-state index in [1.165, 1.54) is 22.3 Å². The summed E-state index contributed by atoms with van der Waals surface area (Å²) >= 11 is 0. The maximum absolute atomic E-state index is 10.6. The van der Waals surface area contributed by atoms with Gasteiger partial charge in [-0.25, -0.2) is 0 Å². The first-order chi connectivity index (χ1) is 23.5. The van der Waals surface area contributed by atoms with E-state index in [1.54, 1.807) is 0 Å². The predicted octanol–water partition coefficient (Wildman–Crippen LogP) is 12.8. The quantitative estimate of drug-likeness (QED) is 0.140. The second kappa shape index (κ2) is 13.8. The minimum Gasteiger partial charge on any atom is -0.356 e. The van der Waals surface area contributed by atoms with Crippen LogP contribution in [-0.4, -0.2) is 0 Å². The third kappa shape index (κ3) is 7.75. The van der Waals surface area contributed by atoms with Crippen molar-refractivity contribution in [3.05, 3.63) is 179 Å². The van der Waals surface area contributed by atoms with E-state index in [4.69, 9.17) is 0 Å². The normalized spacial score (nSPS) is 11.4. The van der Waals surface area contributed by atoms with Crippen molar-refractivity contribution < 1.29 is 0 Å². The number of nitriles is 1. The molecule has 2 heteroatoms. The van der Waals surface area contributed by atoms with Crippen molar-refractivity contribution in [1.82, 2.24) is 0 Å². The smallest absolute Gasteiger partial charge is 0.100 e. The Morgan fingerprint density at radius 3 is 1.14 bits per heavy atom. The molecule has 0 saturated carbocycles. The zero-order valence-corrected chi connectivity index (χ0v) is 29.4. The summed E-state index contributed by atoms with van der Waals surface area (Å²) in [6.45, 7) is 13.3. The fourth-order valence-electron chi connectivity index (χ4n) is 6.11. The summed E-state index contributed by atoms with van der Waals surface area (Å²) in [6.07, 6.45) is 0. The fourth-order valence-corrected chi connectivity index (χ4v) is 6.11. The summed E-state index contributed by atoms with van der Waals surface area (Å²) in [6, 6.07) is 55.7. The number of anilines is 2. The van der Waals surface area contributed by atoms with Gasteiger partial charge in [-0.3, -0.25) is 0 Å². The van der Waals surface area contributed by atoms with Crippen LogP contribution in [0, 0.1) is 11.3 Å². The molecule has 2 nitrogen and oxygen atoms in total. The van der Waals surface area contributed by atoms with E-state index in [1.807, 2.05) is 6.07 Å². The predicted molar refractivity (Wildman–Crippen MR) is 209 cm³/mol. The summed E-state index contributed by atoms with van der Waals surface area (Å²) < 4.78 is 0. The van der Waals surface area contributed by atoms with E-state index in [0.29, 0.717) is 5.57 Å². The van der Waals surface area contributed by atoms with Gasteiger partial charge in [-0.05, 0) is 85.2 Å². The molecule has 49 heavy (non-hydrogen) atoms. The number of nitrogens with one attached hydrogen (secondary N) is 1. The molecule has 0 heterocycles. The van der Waals surface area contributed by atoms with Gasteiger partial charge >= 0.3 is 0 Å². The van der Waals surface area contributed by atoms with Crippen molar-refractivity contribution >= 4 is 22.5 Å². The monoisotopic (exact) mass is 636 g/mol. The van der Waals surface area contributed by atoms with E-state index < -0.39 is 0 Å². The number of nitrogens with zero attached hydrogens (tertiary/aromatic N) is 1. The first-order valence-corrected chi connectivity index (χ1v) is 17.0. The summed E-state index contributed by atoms with van der Waals surface area (Å²) in [5.74, 6) is 0. The molecule has 0 aromatic heterocycles. The molecule has 0 aliphatic carbocycles. The topological polar surface area (TPSA) is 35.8 Å². The Morgan fingerprint density at radius 2 is 0.776 bits per heavy atom. The Labute approximate surface area is 292 Å². The molecule has 0 aliphatic heterocycles. The first-order valence-electron chi connectivity index (χ1n) is 17.0. The van der Waals surface area contributed by atoms with Crippen LogP contribution < -0.4 is 5.32 Å². The Bertz CT molecular complexity index is 2020. The van der Waals surface area contributed by atoms with Crippen LogP contribution in [0.2, 0.25) is 0 Å². The second-order valence-electron chi connectivity index (χ2n) is 14.7. The van der Waals surface area contributed by atoms with Crippen LogP contribution in [0.4, 0.5) is 11.4 Å². The lowest BCUT2D eigenvalue weighted by atomic mass is 9.83. The molecule has 242 valence electrons. The Hall–Kier alpha value is -5.65. The van der Waals surface area contributed by atoms with E-state index in [0.717, 1.165) is 44.8 Å². The average molecular weight is 637 g/mol. The van der Waals surface area contributed by atoms with Gasteiger partial charge in [-0.2, -0.15) is 5.26 Å². The molecular weight excluding hydrogens is 593 g/mol. The zero-order chi connectivity index (χ0) is 34.6. The van der Waals surface area contributed by atoms with Gasteiger partial charge in [0.1, 0.15) is 6.07 Å². The molecule has 6 aromatic carbocycles. The second-order valence-corrected chi connectivity index (χ2v) is 14.7. The van der Waals surface area contributed by atoms with E-state index >= 15 is 0 Å². The minimum absolute atomic E-state index is 0.0487. The third-order valence-corrected chi connectivity index (χ3v) is 9.11. The van der Waals surface area contributed by atoms with E-state index in [9.17, 15) is 5.26 Å². The van der Waals surface area contributed by atoms with Crippen LogP contribution in [0.3, 0.4) is 0 Å². The summed E-state index contributed by atoms with van der Waals surface area (Å²) in [5, 5.41) is 14.2. The molecule has 0 unspecified atom stereocenters. The van der Waals surface area contributed by atoms with Crippen LogP contribution in [-0.2, 0) is 10.8 Å². The lowest BCUT2D eigenvalue weighted by Crippen LogP contribution is -2.11. The molecule has 0 atom stereocenters. The highest BCUT2D eigenvalue weighted by Gasteiger charge is 2.19. The molecule has 0 saturated heterocycles. The Kier molecular flexibility index (Phi) is 9.39. The van der Waals surface area contributed by atoms with Gasteiger partial charge < -0.3 is 5.32 Å². The zero-order valence-electron chi connectivity index (χ0n) is 29.4. The first kappa shape index (κ1) is 33.3. The van der Waals surface area contributed by atoms with Crippen molar-refractivity contribution in [2.45, 2.75) is 52.4 Å². The van der Waals surface area contributed by atoms with Crippen LogP contribution in [0.5, 0.6) is 0 Å². The molecule has 0 spiro atoms. The molecule has 6 rings (SSSR count). The fraction of sp³-hybridized carbons (Fsp3) is 0.170. The number of rotatable bonds is 7. The molecular formula is C47H44N2. The number of benzene rings is 6. The number of hydrogen-bond donors (Lipinski definition) is 1. The van der Waals surface area contributed by atoms with Gasteiger partial charge in [0.15, 0.2) is 0 Å². The van der Waals surface area contributed by atoms with Crippen molar-refractivity contribution in [2.75, 3.05) is 5.32 Å². The Balaban J connectivity index is 1.27. The van der Waals surface area contributed by atoms with Crippen LogP contribution in [0.15, 0.2) is 152 Å². The minimum atomic E-state index is 0.0487. The van der Waals surface area contributed by atoms with Gasteiger partial charge in [-0.15, -0.1) is 0 Å². The Morgan fingerprint density at radius 1 is 0.429 bits per heavy atom. The van der Waals surface area contributed by atoms with E-state index in [-0.39, 0.29) is 10.8 Å². The average Bonchev–Trinajstić information content (AvgIpc) is 3.11. The third-order valence-electron chi connectivity index (χ3n) is 9.11. The largest absolute Gasteiger partial charge is 0.356 e. The van der Waals surface area contributed by atoms with Crippen molar-refractivity contribution in [3.63, 3.8) is 0 Å². The summed E-state index contributed by atoms with van der Waals surface area (Å²) in [5.41, 5.74) is 13.9. The van der Waals surface area contributed by atoms with E-state index in [2.05, 4.69) is 199 Å². The highest BCUT2D eigenvalue weighted by molar-refractivity contribution is 6.03. The van der Waals surface area contributed by atoms with Gasteiger partial charge in [0.25, 0.3) is 0 Å². The van der Waals surface area contributed by atoms with Crippen LogP contribution >= 0.6 is 0 Å². The SMILES string of the molecule is CC(C)(C)c1ccc(C(=C(C#N)c2ccc(-c3ccc(Nc4ccc(-c5ccccc5)cc4)cc3)cc2)c2ccc(C(C)(C)C)cc2)cc1. The summed E-state index contributed by atoms with van der Waals surface area (Å²) in [4.78, 5) is 0. The lowest BCUT2D eigenvalue weighted by Gasteiger charge is -2.21. The molecule has 0 amide bonds. The molecule has 0 fully saturated rings. The van der Waals surface area contributed by atoms with Crippen molar-refractivity contribution in [3.8, 4) is 28.3 Å².